The van der Waals surface area contributed by atoms with Crippen LogP contribution in [0.4, 0.5) is 0 Å². The molecule has 0 saturated heterocycles. The van der Waals surface area contributed by atoms with Crippen molar-refractivity contribution in [2.45, 2.75) is 0 Å². The zero-order chi connectivity index (χ0) is 29.0. The molecule has 0 aliphatic heterocycles. The van der Waals surface area contributed by atoms with Gasteiger partial charge >= 0.3 is 0 Å². The lowest BCUT2D eigenvalue weighted by molar-refractivity contribution is 0.957. The summed E-state index contributed by atoms with van der Waals surface area (Å²) < 4.78 is 4.50. The number of rotatable bonds is 4. The van der Waals surface area contributed by atoms with E-state index in [1.807, 2.05) is 66.7 Å². The van der Waals surface area contributed by atoms with Crippen LogP contribution in [0.15, 0.2) is 152 Å². The molecule has 5 nitrogen and oxygen atoms in total. The molecular formula is C39H25N5. The van der Waals surface area contributed by atoms with Crippen LogP contribution < -0.4 is 0 Å². The van der Waals surface area contributed by atoms with Crippen molar-refractivity contribution in [3.8, 4) is 34.4 Å². The van der Waals surface area contributed by atoms with Gasteiger partial charge in [0.25, 0.3) is 0 Å². The highest BCUT2D eigenvalue weighted by atomic mass is 15.2. The van der Waals surface area contributed by atoms with Crippen LogP contribution in [-0.2, 0) is 0 Å². The van der Waals surface area contributed by atoms with Crippen molar-refractivity contribution in [2.75, 3.05) is 0 Å². The van der Waals surface area contributed by atoms with Gasteiger partial charge in [-0.1, -0.05) is 121 Å². The number of fused-ring (bicyclic) bond motifs is 7. The minimum Gasteiger partial charge on any atom is -0.316 e. The highest BCUT2D eigenvalue weighted by Crippen LogP contribution is 2.40. The summed E-state index contributed by atoms with van der Waals surface area (Å²) in [6, 6.07) is 50.4. The van der Waals surface area contributed by atoms with Crippen molar-refractivity contribution >= 4 is 43.5 Å². The smallest absolute Gasteiger partial charge is 0.238 e. The van der Waals surface area contributed by atoms with Gasteiger partial charge in [0, 0.05) is 44.6 Å². The molecule has 0 unspecified atom stereocenters. The number of aromatic nitrogens is 5. The zero-order valence-electron chi connectivity index (χ0n) is 23.7. The predicted octanol–water partition coefficient (Wildman–Crippen LogP) is 9.40. The molecule has 0 aliphatic rings. The van der Waals surface area contributed by atoms with E-state index in [1.54, 1.807) is 0 Å². The van der Waals surface area contributed by atoms with Crippen molar-refractivity contribution in [1.29, 1.82) is 0 Å². The number of para-hydroxylation sites is 1. The Labute approximate surface area is 253 Å². The highest BCUT2D eigenvalue weighted by molar-refractivity contribution is 6.23. The van der Waals surface area contributed by atoms with Crippen LogP contribution in [-0.4, -0.2) is 24.1 Å². The number of benzene rings is 6. The van der Waals surface area contributed by atoms with Gasteiger partial charge in [-0.25, -0.2) is 4.98 Å². The highest BCUT2D eigenvalue weighted by Gasteiger charge is 2.22. The summed E-state index contributed by atoms with van der Waals surface area (Å²) in [4.78, 5) is 15.3. The number of hydrogen-bond acceptors (Lipinski definition) is 3. The molecule has 0 bridgehead atoms. The molecule has 0 amide bonds. The molecule has 9 rings (SSSR count). The maximum absolute atomic E-state index is 5.18. The molecule has 0 radical (unpaired) electrons. The third kappa shape index (κ3) is 3.76. The summed E-state index contributed by atoms with van der Waals surface area (Å²) in [6.07, 6.45) is 2.15. The van der Waals surface area contributed by atoms with Crippen LogP contribution in [0.5, 0.6) is 0 Å². The van der Waals surface area contributed by atoms with Gasteiger partial charge in [0.2, 0.25) is 5.95 Å². The minimum absolute atomic E-state index is 0.592. The molecule has 0 fully saturated rings. The van der Waals surface area contributed by atoms with E-state index in [1.165, 1.54) is 5.39 Å². The first kappa shape index (κ1) is 24.5. The fourth-order valence-electron chi connectivity index (χ4n) is 6.40. The van der Waals surface area contributed by atoms with Gasteiger partial charge in [-0.05, 0) is 29.7 Å². The first-order valence-corrected chi connectivity index (χ1v) is 14.7. The molecule has 6 aromatic carbocycles. The van der Waals surface area contributed by atoms with E-state index in [-0.39, 0.29) is 0 Å². The molecule has 9 aromatic rings. The van der Waals surface area contributed by atoms with Crippen LogP contribution in [0, 0.1) is 0 Å². The van der Waals surface area contributed by atoms with Gasteiger partial charge in [0.15, 0.2) is 11.6 Å². The topological polar surface area (TPSA) is 48.5 Å². The summed E-state index contributed by atoms with van der Waals surface area (Å²) in [5.74, 6) is 1.87. The van der Waals surface area contributed by atoms with Crippen molar-refractivity contribution in [1.82, 2.24) is 24.1 Å². The van der Waals surface area contributed by atoms with Crippen LogP contribution in [0.3, 0.4) is 0 Å². The Balaban J connectivity index is 1.45. The van der Waals surface area contributed by atoms with Crippen molar-refractivity contribution in [3.05, 3.63) is 152 Å². The molecule has 5 heteroatoms. The van der Waals surface area contributed by atoms with Crippen molar-refractivity contribution < 1.29 is 0 Å². The van der Waals surface area contributed by atoms with Crippen LogP contribution in [0.25, 0.3) is 77.9 Å². The molecule has 0 spiro atoms. The summed E-state index contributed by atoms with van der Waals surface area (Å²) >= 11 is 0. The Hall–Kier alpha value is -6.07. The van der Waals surface area contributed by atoms with Crippen molar-refractivity contribution in [3.63, 3.8) is 0 Å². The Morgan fingerprint density at radius 2 is 0.977 bits per heavy atom. The van der Waals surface area contributed by atoms with Gasteiger partial charge < -0.3 is 4.57 Å². The summed E-state index contributed by atoms with van der Waals surface area (Å²) in [5.41, 5.74) is 6.29. The Morgan fingerprint density at radius 1 is 0.409 bits per heavy atom. The molecule has 206 valence electrons. The SMILES string of the molecule is c1ccc(-c2nc(-c3ccccc3)nc(-n3c4c5ccccc5ccc4c4ccc5c(ccn5-c5ccccc5)c43)n2)cc1. The molecular weight excluding hydrogens is 538 g/mol. The standard InChI is InChI=1S/C39H25N5/c1-4-13-27(14-5-1)37-40-38(28-15-6-2-7-16-28)42-39(41-37)44-35-30-19-11-10-12-26(30)20-21-31(35)32-22-23-34-33(36(32)44)24-25-43(34)29-17-8-3-9-18-29/h1-25H. The van der Waals surface area contributed by atoms with Crippen molar-refractivity contribution in [2.24, 2.45) is 0 Å². The van der Waals surface area contributed by atoms with Crippen LogP contribution in [0.2, 0.25) is 0 Å². The van der Waals surface area contributed by atoms with E-state index in [2.05, 4.69) is 94.2 Å². The van der Waals surface area contributed by atoms with Crippen LogP contribution >= 0.6 is 0 Å². The van der Waals surface area contributed by atoms with E-state index in [0.717, 1.165) is 54.9 Å². The maximum Gasteiger partial charge on any atom is 0.238 e. The first-order valence-electron chi connectivity index (χ1n) is 14.7. The summed E-state index contributed by atoms with van der Waals surface area (Å²) in [7, 11) is 0. The number of hydrogen-bond donors (Lipinski definition) is 0. The second kappa shape index (κ2) is 9.75. The first-order chi connectivity index (χ1) is 21.8. The fraction of sp³-hybridized carbons (Fsp3) is 0. The third-order valence-electron chi connectivity index (χ3n) is 8.40. The Bertz CT molecular complexity index is 2420. The van der Waals surface area contributed by atoms with Gasteiger partial charge in [-0.3, -0.25) is 4.57 Å². The molecule has 44 heavy (non-hydrogen) atoms. The summed E-state index contributed by atoms with van der Waals surface area (Å²) in [5, 5.41) is 5.78. The van der Waals surface area contributed by atoms with E-state index in [4.69, 9.17) is 15.0 Å². The maximum atomic E-state index is 5.18. The third-order valence-corrected chi connectivity index (χ3v) is 8.40. The molecule has 0 N–H and O–H groups in total. The number of nitrogens with zero attached hydrogens (tertiary/aromatic N) is 5. The molecule has 0 aliphatic carbocycles. The van der Waals surface area contributed by atoms with E-state index >= 15 is 0 Å². The molecule has 0 saturated carbocycles. The van der Waals surface area contributed by atoms with Gasteiger partial charge in [-0.2, -0.15) is 9.97 Å². The van der Waals surface area contributed by atoms with Gasteiger partial charge in [0.1, 0.15) is 0 Å². The largest absolute Gasteiger partial charge is 0.316 e. The second-order valence-corrected chi connectivity index (χ2v) is 10.9. The fourth-order valence-corrected chi connectivity index (χ4v) is 6.40. The molecule has 0 atom stereocenters. The Morgan fingerprint density at radius 3 is 1.66 bits per heavy atom. The van der Waals surface area contributed by atoms with E-state index < -0.39 is 0 Å². The predicted molar refractivity (Wildman–Crippen MR) is 179 cm³/mol. The van der Waals surface area contributed by atoms with Gasteiger partial charge in [0.05, 0.1) is 16.6 Å². The molecule has 3 heterocycles. The summed E-state index contributed by atoms with van der Waals surface area (Å²) in [6.45, 7) is 0. The minimum atomic E-state index is 0.592. The average Bonchev–Trinajstić information content (AvgIpc) is 3.69. The normalized spacial score (nSPS) is 11.6. The van der Waals surface area contributed by atoms with E-state index in [0.29, 0.717) is 17.6 Å². The van der Waals surface area contributed by atoms with E-state index in [9.17, 15) is 0 Å². The quantitative estimate of drug-likeness (QED) is 0.214. The Kier molecular flexibility index (Phi) is 5.43. The lowest BCUT2D eigenvalue weighted by Gasteiger charge is -2.12. The lowest BCUT2D eigenvalue weighted by atomic mass is 10.1. The average molecular weight is 564 g/mol. The van der Waals surface area contributed by atoms with Gasteiger partial charge in [-0.15, -0.1) is 0 Å². The lowest BCUT2D eigenvalue weighted by Crippen LogP contribution is -2.06. The monoisotopic (exact) mass is 563 g/mol. The van der Waals surface area contributed by atoms with Crippen LogP contribution in [0.1, 0.15) is 0 Å². The second-order valence-electron chi connectivity index (χ2n) is 10.9. The molecule has 3 aromatic heterocycles. The zero-order valence-corrected chi connectivity index (χ0v) is 23.7.